The molecule has 19 heavy (non-hydrogen) atoms. The van der Waals surface area contributed by atoms with Gasteiger partial charge in [0.25, 0.3) is 0 Å². The van der Waals surface area contributed by atoms with E-state index in [1.807, 2.05) is 12.1 Å². The van der Waals surface area contributed by atoms with Crippen LogP contribution in [0.1, 0.15) is 18.0 Å². The first-order valence-corrected chi connectivity index (χ1v) is 6.83. The van der Waals surface area contributed by atoms with E-state index in [-0.39, 0.29) is 12.6 Å². The van der Waals surface area contributed by atoms with Gasteiger partial charge in [-0.2, -0.15) is 0 Å². The third-order valence-electron chi connectivity index (χ3n) is 3.78. The standard InChI is InChI=1S/C14H20N2O3/c17-8-3-12(16-6-4-15-5-7-16)11-1-2-13-14(9-11)19-10-18-13/h1-2,9,12,15,17H,3-8,10H2. The Kier molecular flexibility index (Phi) is 3.87. The van der Waals surface area contributed by atoms with E-state index in [4.69, 9.17) is 9.47 Å². The smallest absolute Gasteiger partial charge is 0.231 e. The van der Waals surface area contributed by atoms with Gasteiger partial charge in [0.1, 0.15) is 0 Å². The zero-order valence-electron chi connectivity index (χ0n) is 11.0. The van der Waals surface area contributed by atoms with E-state index in [2.05, 4.69) is 16.3 Å². The fourth-order valence-corrected chi connectivity index (χ4v) is 2.80. The van der Waals surface area contributed by atoms with Gasteiger partial charge in [0.15, 0.2) is 11.5 Å². The monoisotopic (exact) mass is 264 g/mol. The van der Waals surface area contributed by atoms with Gasteiger partial charge in [-0.3, -0.25) is 4.90 Å². The number of nitrogens with one attached hydrogen (secondary N) is 1. The van der Waals surface area contributed by atoms with Crippen LogP contribution in [0.15, 0.2) is 18.2 Å². The second-order valence-electron chi connectivity index (χ2n) is 4.93. The van der Waals surface area contributed by atoms with Crippen molar-refractivity contribution >= 4 is 0 Å². The molecule has 1 fully saturated rings. The summed E-state index contributed by atoms with van der Waals surface area (Å²) in [7, 11) is 0. The fourth-order valence-electron chi connectivity index (χ4n) is 2.80. The van der Waals surface area contributed by atoms with Gasteiger partial charge in [-0.25, -0.2) is 0 Å². The molecule has 1 unspecified atom stereocenters. The largest absolute Gasteiger partial charge is 0.454 e. The number of aliphatic hydroxyl groups is 1. The maximum Gasteiger partial charge on any atom is 0.231 e. The maximum absolute atomic E-state index is 9.32. The Morgan fingerprint density at radius 2 is 2.00 bits per heavy atom. The first-order valence-electron chi connectivity index (χ1n) is 6.83. The van der Waals surface area contributed by atoms with Crippen LogP contribution in [0.3, 0.4) is 0 Å². The molecule has 0 aliphatic carbocycles. The summed E-state index contributed by atoms with van der Waals surface area (Å²) in [6.45, 7) is 4.54. The molecule has 1 aromatic carbocycles. The molecular weight excluding hydrogens is 244 g/mol. The SMILES string of the molecule is OCCC(c1ccc2c(c1)OCO2)N1CCNCC1. The summed E-state index contributed by atoms with van der Waals surface area (Å²) in [5.74, 6) is 1.63. The number of nitrogens with zero attached hydrogens (tertiary/aromatic N) is 1. The topological polar surface area (TPSA) is 54.0 Å². The molecule has 3 rings (SSSR count). The van der Waals surface area contributed by atoms with Crippen LogP contribution < -0.4 is 14.8 Å². The van der Waals surface area contributed by atoms with Gasteiger partial charge < -0.3 is 19.9 Å². The van der Waals surface area contributed by atoms with E-state index in [1.165, 1.54) is 5.56 Å². The summed E-state index contributed by atoms with van der Waals surface area (Å²) in [4.78, 5) is 2.42. The van der Waals surface area contributed by atoms with Crippen molar-refractivity contribution in [2.45, 2.75) is 12.5 Å². The van der Waals surface area contributed by atoms with E-state index in [0.717, 1.165) is 44.1 Å². The second-order valence-corrected chi connectivity index (χ2v) is 4.93. The lowest BCUT2D eigenvalue weighted by molar-refractivity contribution is 0.141. The summed E-state index contributed by atoms with van der Waals surface area (Å²) < 4.78 is 10.8. The fraction of sp³-hybridized carbons (Fsp3) is 0.571. The van der Waals surface area contributed by atoms with Crippen molar-refractivity contribution in [3.63, 3.8) is 0 Å². The highest BCUT2D eigenvalue weighted by Crippen LogP contribution is 2.36. The Labute approximate surface area is 113 Å². The number of rotatable bonds is 4. The predicted molar refractivity (Wildman–Crippen MR) is 71.5 cm³/mol. The molecule has 0 aromatic heterocycles. The van der Waals surface area contributed by atoms with Crippen molar-refractivity contribution < 1.29 is 14.6 Å². The third-order valence-corrected chi connectivity index (χ3v) is 3.78. The van der Waals surface area contributed by atoms with Crippen molar-refractivity contribution in [1.82, 2.24) is 10.2 Å². The van der Waals surface area contributed by atoms with Crippen molar-refractivity contribution in [1.29, 1.82) is 0 Å². The molecule has 2 aliphatic rings. The first kappa shape index (κ1) is 12.7. The third kappa shape index (κ3) is 2.68. The normalized spacial score (nSPS) is 20.5. The zero-order chi connectivity index (χ0) is 13.1. The molecule has 1 aromatic rings. The highest BCUT2D eigenvalue weighted by Gasteiger charge is 2.24. The minimum atomic E-state index is 0.197. The van der Waals surface area contributed by atoms with E-state index < -0.39 is 0 Å². The van der Waals surface area contributed by atoms with Crippen LogP contribution in [-0.2, 0) is 0 Å². The Morgan fingerprint density at radius 3 is 2.79 bits per heavy atom. The van der Waals surface area contributed by atoms with Crippen molar-refractivity contribution in [2.75, 3.05) is 39.6 Å². The summed E-state index contributed by atoms with van der Waals surface area (Å²) in [5.41, 5.74) is 1.19. The highest BCUT2D eigenvalue weighted by molar-refractivity contribution is 5.45. The molecule has 5 heteroatoms. The van der Waals surface area contributed by atoms with Gasteiger partial charge >= 0.3 is 0 Å². The molecule has 104 valence electrons. The minimum absolute atomic E-state index is 0.197. The van der Waals surface area contributed by atoms with Gasteiger partial charge in [-0.15, -0.1) is 0 Å². The summed E-state index contributed by atoms with van der Waals surface area (Å²) >= 11 is 0. The molecule has 2 heterocycles. The molecule has 1 saturated heterocycles. The summed E-state index contributed by atoms with van der Waals surface area (Å²) in [6.07, 6.45) is 0.750. The Bertz CT molecular complexity index is 433. The minimum Gasteiger partial charge on any atom is -0.454 e. The molecule has 5 nitrogen and oxygen atoms in total. The van der Waals surface area contributed by atoms with Gasteiger partial charge in [-0.05, 0) is 24.1 Å². The van der Waals surface area contributed by atoms with E-state index in [0.29, 0.717) is 6.79 Å². The molecule has 2 N–H and O–H groups in total. The average molecular weight is 264 g/mol. The molecule has 0 bridgehead atoms. The maximum atomic E-state index is 9.32. The number of piperazine rings is 1. The van der Waals surface area contributed by atoms with Crippen molar-refractivity contribution in [3.05, 3.63) is 23.8 Å². The first-order chi connectivity index (χ1) is 9.38. The van der Waals surface area contributed by atoms with Crippen LogP contribution in [0.25, 0.3) is 0 Å². The van der Waals surface area contributed by atoms with Crippen LogP contribution >= 0.6 is 0 Å². The quantitative estimate of drug-likeness (QED) is 0.840. The lowest BCUT2D eigenvalue weighted by Crippen LogP contribution is -2.45. The molecule has 0 saturated carbocycles. The van der Waals surface area contributed by atoms with Gasteiger partial charge in [0, 0.05) is 38.8 Å². The van der Waals surface area contributed by atoms with Crippen LogP contribution in [-0.4, -0.2) is 49.6 Å². The van der Waals surface area contributed by atoms with Gasteiger partial charge in [-0.1, -0.05) is 6.07 Å². The highest BCUT2D eigenvalue weighted by atomic mass is 16.7. The average Bonchev–Trinajstić information content (AvgIpc) is 2.93. The van der Waals surface area contributed by atoms with E-state index in [9.17, 15) is 5.11 Å². The van der Waals surface area contributed by atoms with Crippen LogP contribution in [0.4, 0.5) is 0 Å². The molecular formula is C14H20N2O3. The van der Waals surface area contributed by atoms with Crippen LogP contribution in [0.2, 0.25) is 0 Å². The Hall–Kier alpha value is -1.30. The van der Waals surface area contributed by atoms with Crippen LogP contribution in [0, 0.1) is 0 Å². The number of fused-ring (bicyclic) bond motifs is 1. The second kappa shape index (κ2) is 5.77. The molecule has 0 radical (unpaired) electrons. The number of aliphatic hydroxyl groups excluding tert-OH is 1. The number of benzene rings is 1. The van der Waals surface area contributed by atoms with E-state index in [1.54, 1.807) is 0 Å². The molecule has 2 aliphatic heterocycles. The lowest BCUT2D eigenvalue weighted by atomic mass is 10.0. The number of ether oxygens (including phenoxy) is 2. The molecule has 0 spiro atoms. The Balaban J connectivity index is 1.82. The summed E-state index contributed by atoms with van der Waals surface area (Å²) in [6, 6.07) is 6.34. The Morgan fingerprint density at radius 1 is 1.21 bits per heavy atom. The number of hydrogen-bond acceptors (Lipinski definition) is 5. The van der Waals surface area contributed by atoms with Crippen molar-refractivity contribution in [3.8, 4) is 11.5 Å². The van der Waals surface area contributed by atoms with Gasteiger partial charge in [0.2, 0.25) is 6.79 Å². The molecule has 1 atom stereocenters. The zero-order valence-corrected chi connectivity index (χ0v) is 11.0. The molecule has 0 amide bonds. The van der Waals surface area contributed by atoms with E-state index >= 15 is 0 Å². The predicted octanol–water partition coefficient (Wildman–Crippen LogP) is 0.744. The lowest BCUT2D eigenvalue weighted by Gasteiger charge is -2.35. The summed E-state index contributed by atoms with van der Waals surface area (Å²) in [5, 5.41) is 12.7. The number of hydrogen-bond donors (Lipinski definition) is 2. The van der Waals surface area contributed by atoms with Crippen LogP contribution in [0.5, 0.6) is 11.5 Å². The van der Waals surface area contributed by atoms with Gasteiger partial charge in [0.05, 0.1) is 0 Å². The van der Waals surface area contributed by atoms with Crippen molar-refractivity contribution in [2.24, 2.45) is 0 Å².